The fourth-order valence-electron chi connectivity index (χ4n) is 7.35. The average Bonchev–Trinajstić information content (AvgIpc) is 3.77. The number of hydrogen-bond acceptors (Lipinski definition) is 4. The number of benzene rings is 8. The van der Waals surface area contributed by atoms with Crippen molar-refractivity contribution in [2.75, 3.05) is 10.2 Å². The summed E-state index contributed by atoms with van der Waals surface area (Å²) in [5, 5.41) is 10.8. The van der Waals surface area contributed by atoms with Crippen LogP contribution in [-0.2, 0) is 0 Å². The third-order valence-corrected chi connectivity index (χ3v) is 10.8. The number of thiophene rings is 1. The number of nitrogens with one attached hydrogen (secondary N) is 1. The molecular formula is C45H30N2OS. The van der Waals surface area contributed by atoms with E-state index >= 15 is 0 Å². The van der Waals surface area contributed by atoms with Crippen LogP contribution >= 0.6 is 11.3 Å². The maximum atomic E-state index is 6.71. The van der Waals surface area contributed by atoms with Crippen molar-refractivity contribution in [2.24, 2.45) is 0 Å². The van der Waals surface area contributed by atoms with Crippen molar-refractivity contribution in [2.45, 2.75) is 6.23 Å². The van der Waals surface area contributed by atoms with Gasteiger partial charge in [0.2, 0.25) is 0 Å². The smallest absolute Gasteiger partial charge is 0.196 e. The van der Waals surface area contributed by atoms with Crippen LogP contribution in [0.3, 0.4) is 0 Å². The first-order chi connectivity index (χ1) is 24.3. The Kier molecular flexibility index (Phi) is 6.42. The third-order valence-electron chi connectivity index (χ3n) is 9.67. The summed E-state index contributed by atoms with van der Waals surface area (Å²) in [5.74, 6) is 0.900. The van der Waals surface area contributed by atoms with E-state index in [1.54, 1.807) is 0 Å². The zero-order valence-corrected chi connectivity index (χ0v) is 27.3. The van der Waals surface area contributed by atoms with Gasteiger partial charge in [0.15, 0.2) is 12.0 Å². The molecule has 1 unspecified atom stereocenters. The molecule has 3 nitrogen and oxygen atoms in total. The first-order valence-electron chi connectivity index (χ1n) is 16.6. The second-order valence-corrected chi connectivity index (χ2v) is 13.6. The lowest BCUT2D eigenvalue weighted by Crippen LogP contribution is -2.11. The highest BCUT2D eigenvalue weighted by atomic mass is 32.1. The lowest BCUT2D eigenvalue weighted by molar-refractivity contribution is 0.263. The Balaban J connectivity index is 1.20. The van der Waals surface area contributed by atoms with Gasteiger partial charge in [0, 0.05) is 48.1 Å². The van der Waals surface area contributed by atoms with Crippen LogP contribution in [0.25, 0.3) is 52.8 Å². The summed E-state index contributed by atoms with van der Waals surface area (Å²) < 4.78 is 9.29. The molecule has 1 aliphatic rings. The Morgan fingerprint density at radius 2 is 1.20 bits per heavy atom. The summed E-state index contributed by atoms with van der Waals surface area (Å²) in [4.78, 5) is 2.42. The fraction of sp³-hybridized carbons (Fsp3) is 0.0222. The largest absolute Gasteiger partial charge is 0.464 e. The molecule has 9 aromatic rings. The van der Waals surface area contributed by atoms with Gasteiger partial charge in [-0.2, -0.15) is 0 Å². The van der Waals surface area contributed by atoms with E-state index in [1.165, 1.54) is 36.7 Å². The van der Waals surface area contributed by atoms with Crippen LogP contribution in [0.1, 0.15) is 11.8 Å². The Hall–Kier alpha value is -6.10. The van der Waals surface area contributed by atoms with E-state index in [4.69, 9.17) is 4.74 Å². The fourth-order valence-corrected chi connectivity index (χ4v) is 8.49. The summed E-state index contributed by atoms with van der Waals surface area (Å²) in [6.45, 7) is 0. The number of fused-ring (bicyclic) bond motifs is 8. The van der Waals surface area contributed by atoms with Gasteiger partial charge in [0.05, 0.1) is 11.4 Å². The molecule has 49 heavy (non-hydrogen) atoms. The summed E-state index contributed by atoms with van der Waals surface area (Å²) >= 11 is 1.85. The van der Waals surface area contributed by atoms with Crippen LogP contribution in [0.2, 0.25) is 0 Å². The van der Waals surface area contributed by atoms with E-state index in [9.17, 15) is 0 Å². The van der Waals surface area contributed by atoms with Gasteiger partial charge < -0.3 is 15.0 Å². The van der Waals surface area contributed by atoms with E-state index < -0.39 is 0 Å². The molecule has 1 aliphatic heterocycles. The van der Waals surface area contributed by atoms with Crippen LogP contribution in [0.5, 0.6) is 5.75 Å². The van der Waals surface area contributed by atoms with Crippen molar-refractivity contribution >= 4 is 75.8 Å². The molecule has 232 valence electrons. The minimum absolute atomic E-state index is 0.234. The maximum absolute atomic E-state index is 6.71. The second kappa shape index (κ2) is 11.3. The van der Waals surface area contributed by atoms with Crippen LogP contribution in [0, 0.1) is 0 Å². The van der Waals surface area contributed by atoms with E-state index in [-0.39, 0.29) is 6.23 Å². The molecule has 10 rings (SSSR count). The number of rotatable bonds is 5. The van der Waals surface area contributed by atoms with Crippen molar-refractivity contribution in [1.29, 1.82) is 0 Å². The van der Waals surface area contributed by atoms with Crippen LogP contribution in [0.15, 0.2) is 170 Å². The number of nitrogens with zero attached hydrogens (tertiary/aromatic N) is 1. The van der Waals surface area contributed by atoms with Crippen LogP contribution in [-0.4, -0.2) is 0 Å². The molecule has 1 atom stereocenters. The summed E-state index contributed by atoms with van der Waals surface area (Å²) in [6.07, 6.45) is -0.234. The van der Waals surface area contributed by atoms with Crippen LogP contribution < -0.4 is 15.0 Å². The van der Waals surface area contributed by atoms with Gasteiger partial charge in [-0.15, -0.1) is 11.3 Å². The lowest BCUT2D eigenvalue weighted by atomic mass is 9.98. The van der Waals surface area contributed by atoms with Gasteiger partial charge in [-0.1, -0.05) is 127 Å². The molecule has 0 saturated heterocycles. The normalized spacial score (nSPS) is 13.8. The van der Waals surface area contributed by atoms with Crippen molar-refractivity contribution in [3.63, 3.8) is 0 Å². The van der Waals surface area contributed by atoms with Crippen molar-refractivity contribution < 1.29 is 4.74 Å². The Morgan fingerprint density at radius 1 is 0.531 bits per heavy atom. The number of hydrogen-bond donors (Lipinski definition) is 1. The highest BCUT2D eigenvalue weighted by Gasteiger charge is 2.27. The van der Waals surface area contributed by atoms with Gasteiger partial charge in [0.1, 0.15) is 0 Å². The molecule has 0 fully saturated rings. The first-order valence-corrected chi connectivity index (χ1v) is 17.4. The van der Waals surface area contributed by atoms with Crippen molar-refractivity contribution in [1.82, 2.24) is 0 Å². The first kappa shape index (κ1) is 28.0. The quantitative estimate of drug-likeness (QED) is 0.188. The Bertz CT molecular complexity index is 2680. The molecule has 0 saturated carbocycles. The highest BCUT2D eigenvalue weighted by molar-refractivity contribution is 7.25. The van der Waals surface area contributed by atoms with Gasteiger partial charge in [-0.25, -0.2) is 0 Å². The molecule has 4 heteroatoms. The SMILES string of the molecule is c1ccc(-c2ccccc2N(c2ccc3c(c2)sc2ccccc23)c2ccc3ccc4ccc5c(c4c3c2)OC(c2ccccc2)N5)cc1. The van der Waals surface area contributed by atoms with Gasteiger partial charge in [0.25, 0.3) is 0 Å². The van der Waals surface area contributed by atoms with Crippen molar-refractivity contribution in [3.8, 4) is 16.9 Å². The minimum Gasteiger partial charge on any atom is -0.464 e. The maximum Gasteiger partial charge on any atom is 0.196 e. The zero-order chi connectivity index (χ0) is 32.3. The Labute approximate surface area is 288 Å². The number of anilines is 4. The molecule has 0 aliphatic carbocycles. The summed E-state index contributed by atoms with van der Waals surface area (Å²) in [7, 11) is 0. The molecule has 0 spiro atoms. The highest BCUT2D eigenvalue weighted by Crippen LogP contribution is 2.48. The molecule has 0 bridgehead atoms. The zero-order valence-electron chi connectivity index (χ0n) is 26.5. The molecule has 8 aromatic carbocycles. The number of para-hydroxylation sites is 1. The average molecular weight is 647 g/mol. The Morgan fingerprint density at radius 3 is 2.10 bits per heavy atom. The lowest BCUT2D eigenvalue weighted by Gasteiger charge is -2.28. The van der Waals surface area contributed by atoms with Gasteiger partial charge in [-0.3, -0.25) is 0 Å². The standard InChI is InChI=1S/C45H30N2OS/c1-3-11-29(12-4-1)35-15-7-9-17-40(35)47(34-24-25-37-36-16-8-10-18-41(36)49-42(37)28-34)33-23-21-30-19-20-31-22-26-39-44(43(31)38(30)27-33)48-45(46-39)32-13-5-2-6-14-32/h1-28,45-46H. The van der Waals surface area contributed by atoms with E-state index in [0.29, 0.717) is 0 Å². The summed E-state index contributed by atoms with van der Waals surface area (Å²) in [6, 6.07) is 61.0. The van der Waals surface area contributed by atoms with E-state index in [0.717, 1.165) is 50.2 Å². The predicted molar refractivity (Wildman–Crippen MR) is 208 cm³/mol. The monoisotopic (exact) mass is 646 g/mol. The predicted octanol–water partition coefficient (Wildman–Crippen LogP) is 13.0. The van der Waals surface area contributed by atoms with Crippen molar-refractivity contribution in [3.05, 3.63) is 175 Å². The minimum atomic E-state index is -0.234. The van der Waals surface area contributed by atoms with Gasteiger partial charge in [-0.05, 0) is 64.2 Å². The molecule has 1 N–H and O–H groups in total. The van der Waals surface area contributed by atoms with Crippen LogP contribution in [0.4, 0.5) is 22.7 Å². The second-order valence-electron chi connectivity index (χ2n) is 12.6. The van der Waals surface area contributed by atoms with E-state index in [2.05, 4.69) is 174 Å². The van der Waals surface area contributed by atoms with Gasteiger partial charge >= 0.3 is 0 Å². The topological polar surface area (TPSA) is 24.5 Å². The number of ether oxygens (including phenoxy) is 1. The third kappa shape index (κ3) is 4.64. The van der Waals surface area contributed by atoms with E-state index in [1.807, 2.05) is 17.4 Å². The summed E-state index contributed by atoms with van der Waals surface area (Å²) in [5.41, 5.74) is 7.81. The molecule has 1 aromatic heterocycles. The molecular weight excluding hydrogens is 617 g/mol. The molecule has 2 heterocycles. The molecule has 0 radical (unpaired) electrons. The molecule has 0 amide bonds.